The highest BCUT2D eigenvalue weighted by Crippen LogP contribution is 2.23. The minimum atomic E-state index is -1.34. The molecule has 6 heteroatoms. The van der Waals surface area contributed by atoms with Crippen LogP contribution in [0.15, 0.2) is 18.2 Å². The molecule has 0 amide bonds. The van der Waals surface area contributed by atoms with Crippen molar-refractivity contribution in [3.05, 3.63) is 35.1 Å². The SMILES string of the molecule is CC(=O)SCC(O)C(O)c1ccc(F)cc1C=O. The Morgan fingerprint density at radius 3 is 2.72 bits per heavy atom. The fraction of sp³-hybridized carbons (Fsp3) is 0.333. The zero-order valence-corrected chi connectivity index (χ0v) is 10.5. The van der Waals surface area contributed by atoms with E-state index in [1.807, 2.05) is 0 Å². The van der Waals surface area contributed by atoms with Crippen LogP contribution in [0.4, 0.5) is 4.39 Å². The smallest absolute Gasteiger partial charge is 0.185 e. The number of hydrogen-bond acceptors (Lipinski definition) is 5. The van der Waals surface area contributed by atoms with Crippen molar-refractivity contribution in [2.24, 2.45) is 0 Å². The van der Waals surface area contributed by atoms with Crippen LogP contribution in [0.1, 0.15) is 28.9 Å². The van der Waals surface area contributed by atoms with Gasteiger partial charge in [-0.3, -0.25) is 9.59 Å². The normalized spacial score (nSPS) is 14.0. The first-order valence-electron chi connectivity index (χ1n) is 5.19. The zero-order chi connectivity index (χ0) is 13.7. The minimum absolute atomic E-state index is 0.00612. The van der Waals surface area contributed by atoms with Crippen LogP contribution in [0, 0.1) is 5.82 Å². The van der Waals surface area contributed by atoms with Crippen molar-refractivity contribution < 1.29 is 24.2 Å². The first-order chi connectivity index (χ1) is 8.45. The monoisotopic (exact) mass is 272 g/mol. The largest absolute Gasteiger partial charge is 0.389 e. The molecule has 98 valence electrons. The molecule has 2 N–H and O–H groups in total. The van der Waals surface area contributed by atoms with E-state index in [0.29, 0.717) is 6.29 Å². The number of thioether (sulfide) groups is 1. The van der Waals surface area contributed by atoms with E-state index in [2.05, 4.69) is 0 Å². The van der Waals surface area contributed by atoms with Gasteiger partial charge >= 0.3 is 0 Å². The Bertz CT molecular complexity index is 450. The summed E-state index contributed by atoms with van der Waals surface area (Å²) in [5.74, 6) is -0.590. The van der Waals surface area contributed by atoms with Crippen LogP contribution in [0.3, 0.4) is 0 Å². The molecule has 0 fully saturated rings. The van der Waals surface area contributed by atoms with E-state index in [1.54, 1.807) is 0 Å². The number of carbonyl (C=O) groups excluding carboxylic acids is 2. The number of rotatable bonds is 5. The van der Waals surface area contributed by atoms with E-state index in [9.17, 15) is 24.2 Å². The Labute approximate surface area is 108 Å². The van der Waals surface area contributed by atoms with Gasteiger partial charge in [-0.05, 0) is 17.7 Å². The number of halogens is 1. The molecule has 0 heterocycles. The van der Waals surface area contributed by atoms with Gasteiger partial charge in [0.15, 0.2) is 11.4 Å². The summed E-state index contributed by atoms with van der Waals surface area (Å²) in [6.07, 6.45) is -2.13. The third kappa shape index (κ3) is 3.90. The van der Waals surface area contributed by atoms with Crippen molar-refractivity contribution in [2.45, 2.75) is 19.1 Å². The first-order valence-corrected chi connectivity index (χ1v) is 6.18. The third-order valence-corrected chi connectivity index (χ3v) is 3.23. The van der Waals surface area contributed by atoms with Gasteiger partial charge < -0.3 is 10.2 Å². The van der Waals surface area contributed by atoms with E-state index < -0.39 is 18.0 Å². The highest BCUT2D eigenvalue weighted by molar-refractivity contribution is 8.13. The van der Waals surface area contributed by atoms with Crippen LogP contribution in [0.25, 0.3) is 0 Å². The Kier molecular flexibility index (Phi) is 5.46. The lowest BCUT2D eigenvalue weighted by Gasteiger charge is -2.18. The Hall–Kier alpha value is -1.24. The summed E-state index contributed by atoms with van der Waals surface area (Å²) in [6, 6.07) is 3.32. The summed E-state index contributed by atoms with van der Waals surface area (Å²) in [7, 11) is 0. The summed E-state index contributed by atoms with van der Waals surface area (Å²) in [6.45, 7) is 1.35. The van der Waals surface area contributed by atoms with Crippen LogP contribution in [0.5, 0.6) is 0 Å². The third-order valence-electron chi connectivity index (χ3n) is 2.32. The predicted octanol–water partition coefficient (Wildman–Crippen LogP) is 1.31. The number of aliphatic hydroxyl groups excluding tert-OH is 2. The van der Waals surface area contributed by atoms with E-state index in [0.717, 1.165) is 23.9 Å². The number of aliphatic hydroxyl groups is 2. The fourth-order valence-electron chi connectivity index (χ4n) is 1.42. The molecule has 1 aromatic rings. The topological polar surface area (TPSA) is 74.6 Å². The summed E-state index contributed by atoms with van der Waals surface area (Å²) >= 11 is 0.868. The number of carbonyl (C=O) groups is 2. The van der Waals surface area contributed by atoms with E-state index >= 15 is 0 Å². The van der Waals surface area contributed by atoms with Crippen LogP contribution in [-0.4, -0.2) is 33.5 Å². The summed E-state index contributed by atoms with van der Waals surface area (Å²) in [4.78, 5) is 21.5. The molecule has 0 aliphatic heterocycles. The maximum atomic E-state index is 12.9. The van der Waals surface area contributed by atoms with Crippen molar-refractivity contribution in [2.75, 3.05) is 5.75 Å². The van der Waals surface area contributed by atoms with Gasteiger partial charge in [-0.1, -0.05) is 17.8 Å². The van der Waals surface area contributed by atoms with Gasteiger partial charge in [0.05, 0.1) is 6.10 Å². The number of hydrogen-bond donors (Lipinski definition) is 2. The molecule has 1 aromatic carbocycles. The zero-order valence-electron chi connectivity index (χ0n) is 9.67. The molecule has 0 aliphatic carbocycles. The molecule has 0 saturated heterocycles. The van der Waals surface area contributed by atoms with Gasteiger partial charge in [-0.25, -0.2) is 4.39 Å². The molecule has 2 atom stereocenters. The number of aldehydes is 1. The number of benzene rings is 1. The molecule has 0 saturated carbocycles. The Morgan fingerprint density at radius 2 is 2.17 bits per heavy atom. The molecule has 0 spiro atoms. The fourth-order valence-corrected chi connectivity index (χ4v) is 2.01. The van der Waals surface area contributed by atoms with Crippen molar-refractivity contribution in [1.82, 2.24) is 0 Å². The molecular weight excluding hydrogens is 259 g/mol. The molecule has 0 aromatic heterocycles. The molecule has 0 bridgehead atoms. The molecule has 0 aliphatic rings. The van der Waals surface area contributed by atoms with Gasteiger partial charge in [0, 0.05) is 18.2 Å². The maximum Gasteiger partial charge on any atom is 0.185 e. The van der Waals surface area contributed by atoms with Crippen molar-refractivity contribution >= 4 is 23.2 Å². The van der Waals surface area contributed by atoms with Crippen molar-refractivity contribution in [3.63, 3.8) is 0 Å². The highest BCUT2D eigenvalue weighted by atomic mass is 32.2. The van der Waals surface area contributed by atoms with Gasteiger partial charge in [0.25, 0.3) is 0 Å². The first kappa shape index (κ1) is 14.8. The Morgan fingerprint density at radius 1 is 1.50 bits per heavy atom. The van der Waals surface area contributed by atoms with E-state index in [-0.39, 0.29) is 22.0 Å². The average Bonchev–Trinajstić information content (AvgIpc) is 2.34. The lowest BCUT2D eigenvalue weighted by atomic mass is 10.00. The van der Waals surface area contributed by atoms with Gasteiger partial charge in [-0.2, -0.15) is 0 Å². The van der Waals surface area contributed by atoms with Crippen LogP contribution < -0.4 is 0 Å². The minimum Gasteiger partial charge on any atom is -0.389 e. The van der Waals surface area contributed by atoms with Gasteiger partial charge in [-0.15, -0.1) is 0 Å². The lowest BCUT2D eigenvalue weighted by molar-refractivity contribution is -0.109. The molecular formula is C12H13FO4S. The standard InChI is InChI=1S/C12H13FO4S/c1-7(15)18-6-11(16)12(17)10-3-2-9(13)4-8(10)5-14/h2-5,11-12,16-17H,6H2,1H3. The molecule has 0 radical (unpaired) electrons. The summed E-state index contributed by atoms with van der Waals surface area (Å²) in [5, 5.41) is 19.3. The summed E-state index contributed by atoms with van der Waals surface area (Å²) < 4.78 is 12.9. The predicted molar refractivity (Wildman–Crippen MR) is 65.9 cm³/mol. The second-order valence-electron chi connectivity index (χ2n) is 3.71. The highest BCUT2D eigenvalue weighted by Gasteiger charge is 2.21. The second-order valence-corrected chi connectivity index (χ2v) is 4.90. The Balaban J connectivity index is 2.85. The second kappa shape index (κ2) is 6.63. The lowest BCUT2D eigenvalue weighted by Crippen LogP contribution is -2.22. The van der Waals surface area contributed by atoms with Crippen LogP contribution in [-0.2, 0) is 4.79 Å². The van der Waals surface area contributed by atoms with Crippen molar-refractivity contribution in [1.29, 1.82) is 0 Å². The molecule has 2 unspecified atom stereocenters. The van der Waals surface area contributed by atoms with E-state index in [1.165, 1.54) is 13.0 Å². The van der Waals surface area contributed by atoms with Crippen LogP contribution >= 0.6 is 11.8 Å². The summed E-state index contributed by atoms with van der Waals surface area (Å²) in [5.41, 5.74) is 0.123. The molecule has 4 nitrogen and oxygen atoms in total. The average molecular weight is 272 g/mol. The van der Waals surface area contributed by atoms with Gasteiger partial charge in [0.1, 0.15) is 11.9 Å². The molecule has 18 heavy (non-hydrogen) atoms. The van der Waals surface area contributed by atoms with E-state index in [4.69, 9.17) is 0 Å². The van der Waals surface area contributed by atoms with Crippen LogP contribution in [0.2, 0.25) is 0 Å². The van der Waals surface area contributed by atoms with Crippen molar-refractivity contribution in [3.8, 4) is 0 Å². The van der Waals surface area contributed by atoms with Gasteiger partial charge in [0.2, 0.25) is 0 Å². The quantitative estimate of drug-likeness (QED) is 0.791. The maximum absolute atomic E-state index is 12.9. The molecule has 1 rings (SSSR count).